The summed E-state index contributed by atoms with van der Waals surface area (Å²) in [5.41, 5.74) is 6.27. The molecule has 2 aromatic carbocycles. The first kappa shape index (κ1) is 18.5. The lowest BCUT2D eigenvalue weighted by Crippen LogP contribution is -2.12. The molecule has 3 N–H and O–H groups in total. The van der Waals surface area contributed by atoms with Crippen LogP contribution in [0.4, 0.5) is 24.7 Å². The zero-order valence-corrected chi connectivity index (χ0v) is 16.2. The Labute approximate surface area is 166 Å². The number of alkyl halides is 3. The Bertz CT molecular complexity index is 1190. The van der Waals surface area contributed by atoms with E-state index in [0.717, 1.165) is 27.5 Å². The molecule has 2 heterocycles. The van der Waals surface area contributed by atoms with Gasteiger partial charge in [-0.15, -0.1) is 0 Å². The van der Waals surface area contributed by atoms with E-state index in [9.17, 15) is 13.2 Å². The van der Waals surface area contributed by atoms with Gasteiger partial charge in [-0.1, -0.05) is 15.9 Å². The maximum atomic E-state index is 13.1. The highest BCUT2D eigenvalue weighted by molar-refractivity contribution is 9.10. The molecule has 0 bridgehead atoms. The second kappa shape index (κ2) is 6.66. The fourth-order valence-electron chi connectivity index (χ4n) is 3.12. The van der Waals surface area contributed by atoms with Gasteiger partial charge < -0.3 is 11.1 Å². The summed E-state index contributed by atoms with van der Waals surface area (Å²) in [5, 5.41) is 4.02. The van der Waals surface area contributed by atoms with Crippen molar-refractivity contribution < 1.29 is 13.2 Å². The molecule has 28 heavy (non-hydrogen) atoms. The number of rotatable bonds is 3. The molecule has 4 rings (SSSR count). The van der Waals surface area contributed by atoms with Gasteiger partial charge in [0.1, 0.15) is 5.82 Å². The zero-order chi connectivity index (χ0) is 20.1. The van der Waals surface area contributed by atoms with Crippen LogP contribution in [0.25, 0.3) is 16.7 Å². The lowest BCUT2D eigenvalue weighted by molar-refractivity contribution is -0.137. The largest absolute Gasteiger partial charge is 0.416 e. The van der Waals surface area contributed by atoms with Crippen LogP contribution in [-0.4, -0.2) is 14.4 Å². The van der Waals surface area contributed by atoms with Crippen molar-refractivity contribution in [1.82, 2.24) is 14.4 Å². The average Bonchev–Trinajstić information content (AvgIpc) is 3.09. The second-order valence-corrected chi connectivity index (χ2v) is 7.39. The molecular weight excluding hydrogens is 435 g/mol. The topological polar surface area (TPSA) is 68.2 Å². The van der Waals surface area contributed by atoms with Gasteiger partial charge in [-0.2, -0.15) is 18.2 Å². The monoisotopic (exact) mass is 449 g/mol. The maximum absolute atomic E-state index is 13.1. The molecule has 4 aromatic rings. The molecule has 0 radical (unpaired) electrons. The number of hydrogen-bond donors (Lipinski definition) is 2. The summed E-state index contributed by atoms with van der Waals surface area (Å²) in [6.45, 7) is 1.76. The number of aromatic nitrogens is 3. The van der Waals surface area contributed by atoms with Gasteiger partial charge in [-0.3, -0.25) is 4.40 Å². The fraction of sp³-hybridized carbons (Fsp3) is 0.158. The molecule has 9 heteroatoms. The molecule has 0 unspecified atom stereocenters. The molecule has 0 fully saturated rings. The number of anilines is 2. The third kappa shape index (κ3) is 3.37. The molecule has 0 spiro atoms. The van der Waals surface area contributed by atoms with E-state index in [-0.39, 0.29) is 5.69 Å². The number of imidazole rings is 1. The highest BCUT2D eigenvalue weighted by Gasteiger charge is 2.31. The van der Waals surface area contributed by atoms with Gasteiger partial charge >= 0.3 is 6.18 Å². The van der Waals surface area contributed by atoms with Gasteiger partial charge in [-0.25, -0.2) is 4.98 Å². The second-order valence-electron chi connectivity index (χ2n) is 6.47. The lowest BCUT2D eigenvalue weighted by atomic mass is 10.0. The molecule has 2 aromatic heterocycles. The van der Waals surface area contributed by atoms with Crippen LogP contribution >= 0.6 is 15.9 Å². The average molecular weight is 450 g/mol. The maximum Gasteiger partial charge on any atom is 0.416 e. The van der Waals surface area contributed by atoms with Gasteiger partial charge in [0.15, 0.2) is 0 Å². The fourth-order valence-corrected chi connectivity index (χ4v) is 3.48. The summed E-state index contributed by atoms with van der Waals surface area (Å²) in [5.74, 6) is 1.02. The van der Waals surface area contributed by atoms with Crippen LogP contribution in [-0.2, 0) is 6.18 Å². The van der Waals surface area contributed by atoms with E-state index in [1.165, 1.54) is 6.07 Å². The molecule has 0 aliphatic heterocycles. The van der Waals surface area contributed by atoms with E-state index < -0.39 is 17.8 Å². The predicted molar refractivity (Wildman–Crippen MR) is 106 cm³/mol. The van der Waals surface area contributed by atoms with Crippen LogP contribution in [0.2, 0.25) is 0 Å². The number of nitrogen functional groups attached to an aromatic ring is 1. The predicted octanol–water partition coefficient (Wildman–Crippen LogP) is 5.42. The minimum absolute atomic E-state index is 0.0581. The first-order valence-electron chi connectivity index (χ1n) is 8.39. The van der Waals surface area contributed by atoms with Gasteiger partial charge in [0.25, 0.3) is 0 Å². The van der Waals surface area contributed by atoms with Gasteiger partial charge in [0, 0.05) is 27.9 Å². The third-order valence-electron chi connectivity index (χ3n) is 4.46. The van der Waals surface area contributed by atoms with Crippen LogP contribution in [0.3, 0.4) is 0 Å². The van der Waals surface area contributed by atoms with E-state index in [0.29, 0.717) is 17.2 Å². The first-order chi connectivity index (χ1) is 13.2. The van der Waals surface area contributed by atoms with Crippen molar-refractivity contribution in [2.75, 3.05) is 11.1 Å². The lowest BCUT2D eigenvalue weighted by Gasteiger charge is -2.19. The number of fused-ring (bicyclic) bond motifs is 3. The minimum atomic E-state index is -4.46. The van der Waals surface area contributed by atoms with Crippen LogP contribution in [0.1, 0.15) is 24.1 Å². The Morgan fingerprint density at radius 1 is 1.18 bits per heavy atom. The highest BCUT2D eigenvalue weighted by Crippen LogP contribution is 2.34. The number of nitrogens with one attached hydrogen (secondary N) is 1. The van der Waals surface area contributed by atoms with E-state index in [2.05, 4.69) is 31.2 Å². The number of benzene rings is 2. The Hall–Kier alpha value is -2.81. The Morgan fingerprint density at radius 2 is 1.96 bits per heavy atom. The summed E-state index contributed by atoms with van der Waals surface area (Å²) >= 11 is 3.45. The molecule has 0 aliphatic carbocycles. The molecule has 0 saturated carbocycles. The molecule has 144 valence electrons. The van der Waals surface area contributed by atoms with Crippen molar-refractivity contribution in [3.63, 3.8) is 0 Å². The third-order valence-corrected chi connectivity index (χ3v) is 4.96. The summed E-state index contributed by atoms with van der Waals surface area (Å²) in [6.07, 6.45) is -1.02. The number of nitrogens with zero attached hydrogens (tertiary/aromatic N) is 3. The van der Waals surface area contributed by atoms with E-state index in [4.69, 9.17) is 5.73 Å². The SMILES string of the molecule is C[C@@H](Nc1nc2nccn2c2ccc(Br)cc12)c1cc(N)cc(C(F)(F)F)c1. The van der Waals surface area contributed by atoms with Crippen LogP contribution in [0, 0.1) is 0 Å². The molecule has 1 atom stereocenters. The van der Waals surface area contributed by atoms with Crippen molar-refractivity contribution in [3.8, 4) is 0 Å². The zero-order valence-electron chi connectivity index (χ0n) is 14.6. The van der Waals surface area contributed by atoms with Crippen molar-refractivity contribution in [3.05, 3.63) is 64.4 Å². The molecule has 0 aliphatic rings. The van der Waals surface area contributed by atoms with Crippen LogP contribution in [0.15, 0.2) is 53.3 Å². The van der Waals surface area contributed by atoms with Gasteiger partial charge in [0.2, 0.25) is 5.78 Å². The van der Waals surface area contributed by atoms with E-state index >= 15 is 0 Å². The van der Waals surface area contributed by atoms with Crippen molar-refractivity contribution in [2.45, 2.75) is 19.1 Å². The van der Waals surface area contributed by atoms with E-state index in [1.54, 1.807) is 19.3 Å². The smallest absolute Gasteiger partial charge is 0.399 e. The quantitative estimate of drug-likeness (QED) is 0.409. The molecule has 0 saturated heterocycles. The number of nitrogens with two attached hydrogens (primary N) is 1. The normalized spacial score (nSPS) is 13.2. The standard InChI is InChI=1S/C19H15BrF3N5/c1-10(11-6-12(19(21,22)23)8-14(24)7-11)26-17-15-9-13(20)2-3-16(15)28-5-4-25-18(28)27-17/h2-10H,24H2,1H3,(H,25,26,27)/t10-/m1/s1. The molecular formula is C19H15BrF3N5. The van der Waals surface area contributed by atoms with Gasteiger partial charge in [0.05, 0.1) is 17.1 Å². The van der Waals surface area contributed by atoms with Gasteiger partial charge in [-0.05, 0) is 48.9 Å². The Morgan fingerprint density at radius 3 is 2.71 bits per heavy atom. The van der Waals surface area contributed by atoms with Crippen molar-refractivity contribution in [2.24, 2.45) is 0 Å². The minimum Gasteiger partial charge on any atom is -0.399 e. The molecule has 0 amide bonds. The number of halogens is 4. The van der Waals surface area contributed by atoms with Crippen LogP contribution < -0.4 is 11.1 Å². The summed E-state index contributed by atoms with van der Waals surface area (Å²) < 4.78 is 42.1. The van der Waals surface area contributed by atoms with Crippen LogP contribution in [0.5, 0.6) is 0 Å². The highest BCUT2D eigenvalue weighted by atomic mass is 79.9. The summed E-state index contributed by atoms with van der Waals surface area (Å²) in [4.78, 5) is 8.75. The summed E-state index contributed by atoms with van der Waals surface area (Å²) in [6, 6.07) is 8.82. The Kier molecular flexibility index (Phi) is 4.41. The Balaban J connectivity index is 1.79. The van der Waals surface area contributed by atoms with Crippen molar-refractivity contribution in [1.29, 1.82) is 0 Å². The number of hydrogen-bond acceptors (Lipinski definition) is 4. The van der Waals surface area contributed by atoms with Crippen molar-refractivity contribution >= 4 is 44.1 Å². The molecule has 5 nitrogen and oxygen atoms in total. The summed E-state index contributed by atoms with van der Waals surface area (Å²) in [7, 11) is 0. The first-order valence-corrected chi connectivity index (χ1v) is 9.18. The van der Waals surface area contributed by atoms with E-state index in [1.807, 2.05) is 22.6 Å².